The Balaban J connectivity index is 1.57. The lowest BCUT2D eigenvalue weighted by molar-refractivity contribution is -0.139. The zero-order valence-corrected chi connectivity index (χ0v) is 18.6. The van der Waals surface area contributed by atoms with Gasteiger partial charge in [-0.3, -0.25) is 19.4 Å². The number of nitrogen functional groups attached to an aromatic ring is 1. The standard InChI is InChI=1S/C23H23N7O5/c1-2-3-4-16(31)9-10-17(22(34)35)28-20(32)13-5-7-14(8-6-13)25-11-15-12-26-19-18(27-15)21(33)30-23(24)29-19/h1,5-8,12,17,25H,3-4,9-11H2,(H,28,32)(H,34,35)(H3,24,26,29,30,33)/t17-/m0/s1. The fraction of sp³-hybridized carbons (Fsp3) is 0.261. The molecule has 1 atom stereocenters. The molecule has 0 aliphatic heterocycles. The highest BCUT2D eigenvalue weighted by atomic mass is 16.4. The first kappa shape index (κ1) is 24.8. The van der Waals surface area contributed by atoms with Crippen molar-refractivity contribution in [3.05, 3.63) is 52.1 Å². The van der Waals surface area contributed by atoms with E-state index >= 15 is 0 Å². The molecule has 6 N–H and O–H groups in total. The number of nitrogens with two attached hydrogens (primary N) is 1. The van der Waals surface area contributed by atoms with Crippen LogP contribution >= 0.6 is 0 Å². The molecule has 12 heteroatoms. The number of ketones is 1. The molecule has 0 spiro atoms. The van der Waals surface area contributed by atoms with E-state index in [1.165, 1.54) is 18.3 Å². The van der Waals surface area contributed by atoms with Crippen molar-refractivity contribution in [3.63, 3.8) is 0 Å². The topological polar surface area (TPSA) is 193 Å². The molecule has 1 aromatic carbocycles. The number of Topliss-reactive ketones (excluding diaryl/α,β-unsaturated/α-hetero) is 1. The molecule has 35 heavy (non-hydrogen) atoms. The van der Waals surface area contributed by atoms with E-state index in [9.17, 15) is 24.3 Å². The van der Waals surface area contributed by atoms with E-state index in [0.717, 1.165) is 0 Å². The van der Waals surface area contributed by atoms with Gasteiger partial charge < -0.3 is 21.5 Å². The van der Waals surface area contributed by atoms with Gasteiger partial charge >= 0.3 is 5.97 Å². The fourth-order valence-electron chi connectivity index (χ4n) is 3.13. The number of hydrogen-bond donors (Lipinski definition) is 5. The Morgan fingerprint density at radius 2 is 1.91 bits per heavy atom. The molecule has 0 saturated heterocycles. The highest BCUT2D eigenvalue weighted by Crippen LogP contribution is 2.12. The molecule has 0 fully saturated rings. The number of carbonyl (C=O) groups is 3. The highest BCUT2D eigenvalue weighted by Gasteiger charge is 2.21. The number of amides is 1. The monoisotopic (exact) mass is 477 g/mol. The number of carbonyl (C=O) groups excluding carboxylic acids is 2. The van der Waals surface area contributed by atoms with E-state index in [4.69, 9.17) is 12.2 Å². The third kappa shape index (κ3) is 6.84. The largest absolute Gasteiger partial charge is 0.480 e. The number of nitrogens with zero attached hydrogens (tertiary/aromatic N) is 3. The Bertz CT molecular complexity index is 1350. The molecule has 2 aromatic heterocycles. The maximum atomic E-state index is 12.5. The van der Waals surface area contributed by atoms with Crippen LogP contribution in [-0.2, 0) is 16.1 Å². The number of aromatic nitrogens is 4. The number of anilines is 2. The van der Waals surface area contributed by atoms with Crippen LogP contribution in [0.2, 0.25) is 0 Å². The Hall–Kier alpha value is -4.79. The van der Waals surface area contributed by atoms with E-state index in [2.05, 4.69) is 36.5 Å². The maximum absolute atomic E-state index is 12.5. The molecule has 0 saturated carbocycles. The van der Waals surface area contributed by atoms with Gasteiger partial charge in [0.2, 0.25) is 5.95 Å². The Labute approximate surface area is 199 Å². The van der Waals surface area contributed by atoms with E-state index in [1.807, 2.05) is 0 Å². The lowest BCUT2D eigenvalue weighted by atomic mass is 10.1. The molecule has 0 unspecified atom stereocenters. The van der Waals surface area contributed by atoms with Gasteiger partial charge in [-0.25, -0.2) is 14.8 Å². The summed E-state index contributed by atoms with van der Waals surface area (Å²) in [6, 6.07) is 5.13. The van der Waals surface area contributed by atoms with Gasteiger partial charge in [0.15, 0.2) is 11.2 Å². The van der Waals surface area contributed by atoms with Gasteiger partial charge in [-0.15, -0.1) is 12.3 Å². The SMILES string of the molecule is C#CCCC(=O)CC[C@H](NC(=O)c1ccc(NCc2cnc3nc(N)[nH]c(=O)c3n2)cc1)C(=O)O. The van der Waals surface area contributed by atoms with Gasteiger partial charge in [-0.2, -0.15) is 4.98 Å². The third-order valence-electron chi connectivity index (χ3n) is 4.97. The van der Waals surface area contributed by atoms with Gasteiger partial charge in [0.05, 0.1) is 18.4 Å². The molecule has 3 rings (SSSR count). The van der Waals surface area contributed by atoms with Crippen molar-refractivity contribution in [1.82, 2.24) is 25.3 Å². The molecular formula is C23H23N7O5. The van der Waals surface area contributed by atoms with E-state index in [-0.39, 0.29) is 54.3 Å². The molecule has 180 valence electrons. The van der Waals surface area contributed by atoms with Crippen LogP contribution in [0.25, 0.3) is 11.2 Å². The van der Waals surface area contributed by atoms with Crippen LogP contribution in [-0.4, -0.2) is 48.7 Å². The number of carboxylic acid groups (broad SMARTS) is 1. The number of fused-ring (bicyclic) bond motifs is 1. The third-order valence-corrected chi connectivity index (χ3v) is 4.97. The predicted molar refractivity (Wildman–Crippen MR) is 127 cm³/mol. The fourth-order valence-corrected chi connectivity index (χ4v) is 3.13. The van der Waals surface area contributed by atoms with E-state index < -0.39 is 23.5 Å². The summed E-state index contributed by atoms with van der Waals surface area (Å²) in [6.45, 7) is 0.243. The molecule has 0 bridgehead atoms. The summed E-state index contributed by atoms with van der Waals surface area (Å²) in [6.07, 6.45) is 7.04. The van der Waals surface area contributed by atoms with Crippen molar-refractivity contribution >= 4 is 40.5 Å². The number of benzene rings is 1. The molecule has 12 nitrogen and oxygen atoms in total. The van der Waals surface area contributed by atoms with Crippen LogP contribution < -0.4 is 21.9 Å². The van der Waals surface area contributed by atoms with Gasteiger partial charge in [0.25, 0.3) is 11.5 Å². The minimum atomic E-state index is -1.23. The second-order valence-corrected chi connectivity index (χ2v) is 7.56. The van der Waals surface area contributed by atoms with Crippen LogP contribution in [0.4, 0.5) is 11.6 Å². The van der Waals surface area contributed by atoms with E-state index in [1.54, 1.807) is 12.1 Å². The summed E-state index contributed by atoms with van der Waals surface area (Å²) >= 11 is 0. The Kier molecular flexibility index (Phi) is 8.07. The summed E-state index contributed by atoms with van der Waals surface area (Å²) in [5.41, 5.74) is 6.60. The van der Waals surface area contributed by atoms with Crippen molar-refractivity contribution in [3.8, 4) is 12.3 Å². The van der Waals surface area contributed by atoms with Crippen molar-refractivity contribution in [2.75, 3.05) is 11.1 Å². The van der Waals surface area contributed by atoms with Crippen molar-refractivity contribution < 1.29 is 19.5 Å². The Morgan fingerprint density at radius 3 is 2.60 bits per heavy atom. The van der Waals surface area contributed by atoms with Gasteiger partial charge in [-0.1, -0.05) is 0 Å². The van der Waals surface area contributed by atoms with Crippen LogP contribution in [0.5, 0.6) is 0 Å². The highest BCUT2D eigenvalue weighted by molar-refractivity contribution is 5.97. The maximum Gasteiger partial charge on any atom is 0.326 e. The second kappa shape index (κ2) is 11.4. The molecule has 0 radical (unpaired) electrons. The van der Waals surface area contributed by atoms with Crippen LogP contribution in [0, 0.1) is 12.3 Å². The second-order valence-electron chi connectivity index (χ2n) is 7.56. The number of aliphatic carboxylic acids is 1. The molecule has 2 heterocycles. The average molecular weight is 477 g/mol. The Morgan fingerprint density at radius 1 is 1.17 bits per heavy atom. The smallest absolute Gasteiger partial charge is 0.326 e. The number of nitrogens with one attached hydrogen (secondary N) is 3. The number of rotatable bonds is 11. The zero-order valence-electron chi connectivity index (χ0n) is 18.6. The van der Waals surface area contributed by atoms with E-state index in [0.29, 0.717) is 17.8 Å². The number of aromatic amines is 1. The molecule has 0 aliphatic carbocycles. The molecule has 3 aromatic rings. The lowest BCUT2D eigenvalue weighted by Gasteiger charge is -2.14. The van der Waals surface area contributed by atoms with Crippen LogP contribution in [0.1, 0.15) is 41.7 Å². The minimum Gasteiger partial charge on any atom is -0.480 e. The molecular weight excluding hydrogens is 454 g/mol. The van der Waals surface area contributed by atoms with Gasteiger partial charge in [0, 0.05) is 30.5 Å². The van der Waals surface area contributed by atoms with Crippen molar-refractivity contribution in [2.45, 2.75) is 38.3 Å². The first-order chi connectivity index (χ1) is 16.8. The normalized spacial score (nSPS) is 11.4. The number of carboxylic acids is 1. The summed E-state index contributed by atoms with van der Waals surface area (Å²) in [5, 5.41) is 14.9. The summed E-state index contributed by atoms with van der Waals surface area (Å²) in [5.74, 6) is 0.354. The zero-order chi connectivity index (χ0) is 25.4. The summed E-state index contributed by atoms with van der Waals surface area (Å²) in [7, 11) is 0. The quantitative estimate of drug-likeness (QED) is 0.247. The summed E-state index contributed by atoms with van der Waals surface area (Å²) < 4.78 is 0. The van der Waals surface area contributed by atoms with Crippen LogP contribution in [0.15, 0.2) is 35.3 Å². The minimum absolute atomic E-state index is 0.00870. The molecule has 0 aliphatic rings. The number of H-pyrrole nitrogens is 1. The predicted octanol–water partition coefficient (Wildman–Crippen LogP) is 0.853. The number of hydrogen-bond acceptors (Lipinski definition) is 9. The van der Waals surface area contributed by atoms with Crippen molar-refractivity contribution in [2.24, 2.45) is 0 Å². The lowest BCUT2D eigenvalue weighted by Crippen LogP contribution is -2.41. The molecule has 1 amide bonds. The van der Waals surface area contributed by atoms with Crippen LogP contribution in [0.3, 0.4) is 0 Å². The first-order valence-corrected chi connectivity index (χ1v) is 10.6. The van der Waals surface area contributed by atoms with Gasteiger partial charge in [-0.05, 0) is 30.7 Å². The van der Waals surface area contributed by atoms with Gasteiger partial charge in [0.1, 0.15) is 11.8 Å². The number of terminal acetylenes is 1. The first-order valence-electron chi connectivity index (χ1n) is 10.6. The van der Waals surface area contributed by atoms with Crippen molar-refractivity contribution in [1.29, 1.82) is 0 Å². The summed E-state index contributed by atoms with van der Waals surface area (Å²) in [4.78, 5) is 62.3. The average Bonchev–Trinajstić information content (AvgIpc) is 2.84.